The largest absolute Gasteiger partial charge is 0.444 e. The van der Waals surface area contributed by atoms with Gasteiger partial charge in [-0.1, -0.05) is 11.6 Å². The van der Waals surface area contributed by atoms with Crippen LogP contribution in [-0.2, 0) is 70.7 Å². The summed E-state index contributed by atoms with van der Waals surface area (Å²) < 4.78 is 112. The van der Waals surface area contributed by atoms with Gasteiger partial charge in [-0.3, -0.25) is 19.5 Å². The summed E-state index contributed by atoms with van der Waals surface area (Å²) in [5.41, 5.74) is 1.73. The predicted octanol–water partition coefficient (Wildman–Crippen LogP) is 6.20. The molecule has 0 bridgehead atoms. The van der Waals surface area contributed by atoms with Crippen molar-refractivity contribution in [1.29, 1.82) is 0 Å². The fourth-order valence-corrected chi connectivity index (χ4v) is 9.44. The Balaban J connectivity index is 0.620. The highest BCUT2D eigenvalue weighted by atomic mass is 35.5. The Morgan fingerprint density at radius 2 is 1.19 bits per heavy atom. The van der Waals surface area contributed by atoms with Crippen molar-refractivity contribution in [2.75, 3.05) is 163 Å². The second-order valence-corrected chi connectivity index (χ2v) is 20.8. The zero-order valence-corrected chi connectivity index (χ0v) is 46.6. The van der Waals surface area contributed by atoms with Crippen LogP contribution in [-0.4, -0.2) is 211 Å². The standard InChI is InChI=1S/C55H74ClF4N7O13/c1-54(2,3)80-53(70)65-38-55(39-65)41-8-10-61-36-46(41)67(52(55)69)37-47-62-44-34-40(56)6-7-45(44)66(47)11-4-5-18-71-20-22-73-24-26-75-28-30-77-32-33-78-31-29-76-27-25-74-23-21-72-19-17-64-15-13-63(14-16-64)12-9-48(68)79-51-49(59)42(57)35-43(58)50(51)60/h6-8,10,34-36H,4-5,9,11-33,37-39H2,1-3H3. The third kappa shape index (κ3) is 18.2. The van der Waals surface area contributed by atoms with Gasteiger partial charge in [-0.2, -0.15) is 8.78 Å². The lowest BCUT2D eigenvalue weighted by Crippen LogP contribution is -2.65. The van der Waals surface area contributed by atoms with E-state index in [0.29, 0.717) is 136 Å². The third-order valence-electron chi connectivity index (χ3n) is 13.4. The van der Waals surface area contributed by atoms with Crippen LogP contribution in [0.15, 0.2) is 42.7 Å². The van der Waals surface area contributed by atoms with Crippen molar-refractivity contribution in [2.24, 2.45) is 0 Å². The summed E-state index contributed by atoms with van der Waals surface area (Å²) in [6, 6.07) is 7.54. The molecule has 1 spiro atoms. The number of likely N-dealkylation sites (tertiary alicyclic amines) is 1. The van der Waals surface area contributed by atoms with Crippen molar-refractivity contribution in [3.8, 4) is 5.75 Å². The smallest absolute Gasteiger partial charge is 0.410 e. The number of benzene rings is 2. The number of ether oxygens (including phenoxy) is 10. The summed E-state index contributed by atoms with van der Waals surface area (Å²) in [7, 11) is 0. The average Bonchev–Trinajstić information content (AvgIpc) is 4.04. The van der Waals surface area contributed by atoms with E-state index in [0.717, 1.165) is 54.9 Å². The minimum Gasteiger partial charge on any atom is -0.444 e. The fraction of sp³-hybridized carbons (Fsp3) is 0.618. The summed E-state index contributed by atoms with van der Waals surface area (Å²) in [5.74, 6) is -8.51. The molecule has 25 heteroatoms. The number of pyridine rings is 1. The van der Waals surface area contributed by atoms with Crippen LogP contribution in [0.1, 0.15) is 51.4 Å². The summed E-state index contributed by atoms with van der Waals surface area (Å²) in [5, 5.41) is 0.576. The lowest BCUT2D eigenvalue weighted by molar-refractivity contribution is -0.135. The van der Waals surface area contributed by atoms with Crippen molar-refractivity contribution in [3.63, 3.8) is 0 Å². The average molecular weight is 1150 g/mol. The van der Waals surface area contributed by atoms with Crippen LogP contribution in [0.5, 0.6) is 5.75 Å². The number of halogens is 5. The van der Waals surface area contributed by atoms with Gasteiger partial charge in [0.05, 0.1) is 135 Å². The number of carbonyl (C=O) groups is 3. The van der Waals surface area contributed by atoms with Gasteiger partial charge in [0.15, 0.2) is 11.6 Å². The van der Waals surface area contributed by atoms with E-state index in [1.54, 1.807) is 22.2 Å². The molecule has 3 aliphatic rings. The van der Waals surface area contributed by atoms with Crippen molar-refractivity contribution >= 4 is 46.3 Å². The highest BCUT2D eigenvalue weighted by Crippen LogP contribution is 2.48. The predicted molar refractivity (Wildman–Crippen MR) is 285 cm³/mol. The summed E-state index contributed by atoms with van der Waals surface area (Å²) in [4.78, 5) is 56.0. The highest BCUT2D eigenvalue weighted by Gasteiger charge is 2.60. The number of amides is 2. The molecular weight excluding hydrogens is 1080 g/mol. The number of aromatic nitrogens is 3. The molecule has 442 valence electrons. The van der Waals surface area contributed by atoms with Gasteiger partial charge in [-0.25, -0.2) is 18.6 Å². The van der Waals surface area contributed by atoms with Crippen LogP contribution in [0.25, 0.3) is 11.0 Å². The summed E-state index contributed by atoms with van der Waals surface area (Å²) in [6.45, 7) is 17.8. The molecule has 2 aromatic heterocycles. The molecule has 0 radical (unpaired) electrons. The van der Waals surface area contributed by atoms with Gasteiger partial charge in [0.1, 0.15) is 16.8 Å². The number of hydrogen-bond donors (Lipinski definition) is 0. The number of imidazole rings is 1. The molecule has 20 nitrogen and oxygen atoms in total. The minimum atomic E-state index is -1.75. The quantitative estimate of drug-likeness (QED) is 0.0166. The fourth-order valence-electron chi connectivity index (χ4n) is 9.28. The first-order valence-corrected chi connectivity index (χ1v) is 27.5. The van der Waals surface area contributed by atoms with Gasteiger partial charge in [-0.05, 0) is 63.4 Å². The molecule has 7 rings (SSSR count). The van der Waals surface area contributed by atoms with Crippen LogP contribution in [0.4, 0.5) is 28.0 Å². The Bertz CT molecular complexity index is 2590. The molecule has 80 heavy (non-hydrogen) atoms. The molecule has 0 N–H and O–H groups in total. The van der Waals surface area contributed by atoms with Crippen LogP contribution < -0.4 is 9.64 Å². The maximum Gasteiger partial charge on any atom is 0.410 e. The van der Waals surface area contributed by atoms with E-state index in [4.69, 9.17) is 59.2 Å². The Hall–Kier alpha value is -5.12. The number of aryl methyl sites for hydroxylation is 1. The number of carbonyl (C=O) groups excluding carboxylic acids is 3. The highest BCUT2D eigenvalue weighted by molar-refractivity contribution is 6.31. The number of nitrogens with zero attached hydrogens (tertiary/aromatic N) is 7. The third-order valence-corrected chi connectivity index (χ3v) is 13.6. The van der Waals surface area contributed by atoms with Crippen molar-refractivity contribution < 1.29 is 79.3 Å². The topological polar surface area (TPSA) is 187 Å². The lowest BCUT2D eigenvalue weighted by atomic mass is 9.75. The maximum atomic E-state index is 14.2. The number of fused-ring (bicyclic) bond motifs is 3. The molecule has 0 aliphatic carbocycles. The molecule has 0 atom stereocenters. The number of piperazine rings is 1. The van der Waals surface area contributed by atoms with E-state index in [1.807, 2.05) is 49.9 Å². The van der Waals surface area contributed by atoms with Crippen LogP contribution >= 0.6 is 11.6 Å². The van der Waals surface area contributed by atoms with Crippen molar-refractivity contribution in [3.05, 3.63) is 82.4 Å². The maximum absolute atomic E-state index is 14.2. The van der Waals surface area contributed by atoms with E-state index < -0.39 is 52.1 Å². The summed E-state index contributed by atoms with van der Waals surface area (Å²) in [6.07, 6.45) is 4.37. The Morgan fingerprint density at radius 1 is 0.662 bits per heavy atom. The zero-order chi connectivity index (χ0) is 56.9. The van der Waals surface area contributed by atoms with Gasteiger partial charge in [0.25, 0.3) is 0 Å². The van der Waals surface area contributed by atoms with Gasteiger partial charge in [0.2, 0.25) is 23.3 Å². The normalized spacial score (nSPS) is 15.6. The van der Waals surface area contributed by atoms with Gasteiger partial charge in [0, 0.05) is 82.8 Å². The first-order valence-electron chi connectivity index (χ1n) is 27.1. The SMILES string of the molecule is CC(C)(C)OC(=O)N1CC2(C1)C(=O)N(Cc1nc3cc(Cl)ccc3n1CCCCOCCOCCOCCOCCOCCOCCOCCOCCN1CCN(CCC(=O)Oc3c(F)c(F)cc(F)c3F)CC1)c1cnccc12. The second kappa shape index (κ2) is 31.4. The van der Waals surface area contributed by atoms with Crippen molar-refractivity contribution in [2.45, 2.75) is 64.1 Å². The lowest BCUT2D eigenvalue weighted by Gasteiger charge is -2.46. The van der Waals surface area contributed by atoms with E-state index >= 15 is 0 Å². The number of rotatable bonds is 35. The number of unbranched alkanes of at least 4 members (excludes halogenated alkanes) is 1. The molecule has 3 aliphatic heterocycles. The van der Waals surface area contributed by atoms with Gasteiger partial charge in [-0.15, -0.1) is 0 Å². The van der Waals surface area contributed by atoms with Crippen LogP contribution in [0.3, 0.4) is 0 Å². The molecule has 2 aromatic carbocycles. The number of esters is 1. The molecule has 0 unspecified atom stereocenters. The first-order chi connectivity index (χ1) is 38.6. The minimum absolute atomic E-state index is 0.0537. The summed E-state index contributed by atoms with van der Waals surface area (Å²) >= 11 is 6.37. The molecule has 2 fully saturated rings. The molecule has 4 aromatic rings. The molecule has 2 saturated heterocycles. The van der Waals surface area contributed by atoms with E-state index in [1.165, 1.54) is 0 Å². The van der Waals surface area contributed by atoms with E-state index in [2.05, 4.69) is 19.2 Å². The first kappa shape index (κ1) is 62.5. The molecule has 0 saturated carbocycles. The monoisotopic (exact) mass is 1150 g/mol. The van der Waals surface area contributed by atoms with Crippen LogP contribution in [0.2, 0.25) is 5.02 Å². The molecule has 5 heterocycles. The van der Waals surface area contributed by atoms with Crippen molar-refractivity contribution in [1.82, 2.24) is 29.2 Å². The number of hydrogen-bond acceptors (Lipinski definition) is 17. The molecular formula is C55H74ClF4N7O13. The van der Waals surface area contributed by atoms with Gasteiger partial charge >= 0.3 is 12.1 Å². The Morgan fingerprint density at radius 3 is 1.74 bits per heavy atom. The zero-order valence-electron chi connectivity index (χ0n) is 45.9. The van der Waals surface area contributed by atoms with Gasteiger partial charge < -0.3 is 66.6 Å². The van der Waals surface area contributed by atoms with E-state index in [9.17, 15) is 31.9 Å². The van der Waals surface area contributed by atoms with E-state index in [-0.39, 0.29) is 44.6 Å². The molecule has 2 amide bonds. The number of anilines is 1. The van der Waals surface area contributed by atoms with Crippen LogP contribution in [0, 0.1) is 23.3 Å². The second-order valence-electron chi connectivity index (χ2n) is 20.3. The Labute approximate surface area is 468 Å². The Kier molecular flexibility index (Phi) is 24.5.